The van der Waals surface area contributed by atoms with E-state index in [-0.39, 0.29) is 5.41 Å². The summed E-state index contributed by atoms with van der Waals surface area (Å²) in [4.78, 5) is 0. The zero-order chi connectivity index (χ0) is 8.60. The summed E-state index contributed by atoms with van der Waals surface area (Å²) >= 11 is 0. The number of rotatable bonds is 2. The first-order valence-electron chi connectivity index (χ1n) is 4.44. The van der Waals surface area contributed by atoms with Gasteiger partial charge < -0.3 is 5.11 Å². The predicted molar refractivity (Wildman–Crippen MR) is 49.0 cm³/mol. The lowest BCUT2D eigenvalue weighted by Gasteiger charge is -2.09. The largest absolute Gasteiger partial charge is 0.396 e. The highest BCUT2D eigenvalue weighted by molar-refractivity contribution is 5.32. The lowest BCUT2D eigenvalue weighted by molar-refractivity contribution is 0.265. The maximum atomic E-state index is 9.00. The molecule has 1 aliphatic carbocycles. The van der Waals surface area contributed by atoms with Gasteiger partial charge in [0.05, 0.1) is 0 Å². The maximum absolute atomic E-state index is 9.00. The van der Waals surface area contributed by atoms with Gasteiger partial charge in [-0.2, -0.15) is 0 Å². The molecule has 1 N–H and O–H groups in total. The molecular formula is C11H14O. The van der Waals surface area contributed by atoms with E-state index in [1.807, 2.05) is 6.07 Å². The second-order valence-corrected chi connectivity index (χ2v) is 3.87. The zero-order valence-corrected chi connectivity index (χ0v) is 7.33. The van der Waals surface area contributed by atoms with E-state index in [1.54, 1.807) is 0 Å². The molecule has 0 heterocycles. The quantitative estimate of drug-likeness (QED) is 0.704. The first kappa shape index (κ1) is 7.81. The summed E-state index contributed by atoms with van der Waals surface area (Å²) in [7, 11) is 0. The van der Waals surface area contributed by atoms with Crippen molar-refractivity contribution in [3.05, 3.63) is 35.9 Å². The molecule has 1 aromatic rings. The molecule has 1 aromatic carbocycles. The molecule has 1 saturated carbocycles. The summed E-state index contributed by atoms with van der Waals surface area (Å²) in [6.45, 7) is 2.55. The van der Waals surface area contributed by atoms with Crippen LogP contribution >= 0.6 is 0 Å². The highest BCUT2D eigenvalue weighted by Gasteiger charge is 2.50. The fourth-order valence-electron chi connectivity index (χ4n) is 1.89. The van der Waals surface area contributed by atoms with Crippen molar-refractivity contribution in [3.63, 3.8) is 0 Å². The highest BCUT2D eigenvalue weighted by atomic mass is 16.3. The molecule has 0 radical (unpaired) electrons. The Morgan fingerprint density at radius 1 is 1.42 bits per heavy atom. The van der Waals surface area contributed by atoms with Gasteiger partial charge in [-0.1, -0.05) is 37.3 Å². The minimum atomic E-state index is 0.260. The monoisotopic (exact) mass is 162 g/mol. The van der Waals surface area contributed by atoms with E-state index in [0.717, 1.165) is 6.42 Å². The van der Waals surface area contributed by atoms with Gasteiger partial charge >= 0.3 is 0 Å². The molecule has 0 amide bonds. The lowest BCUT2D eigenvalue weighted by atomic mass is 9.96. The average molecular weight is 162 g/mol. The van der Waals surface area contributed by atoms with Gasteiger partial charge in [0, 0.05) is 6.61 Å². The molecule has 1 fully saturated rings. The second-order valence-electron chi connectivity index (χ2n) is 3.87. The lowest BCUT2D eigenvalue weighted by Crippen LogP contribution is -2.05. The number of benzene rings is 1. The van der Waals surface area contributed by atoms with Gasteiger partial charge in [-0.15, -0.1) is 0 Å². The van der Waals surface area contributed by atoms with E-state index in [2.05, 4.69) is 31.2 Å². The van der Waals surface area contributed by atoms with E-state index in [4.69, 9.17) is 5.11 Å². The van der Waals surface area contributed by atoms with Gasteiger partial charge in [-0.05, 0) is 23.3 Å². The van der Waals surface area contributed by atoms with Crippen LogP contribution < -0.4 is 0 Å². The van der Waals surface area contributed by atoms with Crippen molar-refractivity contribution >= 4 is 0 Å². The molecule has 1 aliphatic rings. The van der Waals surface area contributed by atoms with Crippen LogP contribution in [0.2, 0.25) is 0 Å². The molecular weight excluding hydrogens is 148 g/mol. The van der Waals surface area contributed by atoms with E-state index in [9.17, 15) is 0 Å². The molecule has 0 aromatic heterocycles. The van der Waals surface area contributed by atoms with Crippen molar-refractivity contribution in [2.45, 2.75) is 18.8 Å². The molecule has 0 aliphatic heterocycles. The van der Waals surface area contributed by atoms with Crippen molar-refractivity contribution in [2.24, 2.45) is 5.92 Å². The topological polar surface area (TPSA) is 20.2 Å². The van der Waals surface area contributed by atoms with Crippen LogP contribution in [0.5, 0.6) is 0 Å². The Labute approximate surface area is 73.0 Å². The molecule has 2 unspecified atom stereocenters. The van der Waals surface area contributed by atoms with Crippen LogP contribution in [0.3, 0.4) is 0 Å². The van der Waals surface area contributed by atoms with Crippen molar-refractivity contribution in [1.29, 1.82) is 0 Å². The van der Waals surface area contributed by atoms with Crippen molar-refractivity contribution < 1.29 is 5.11 Å². The van der Waals surface area contributed by atoms with E-state index < -0.39 is 0 Å². The Hall–Kier alpha value is -0.820. The number of aliphatic hydroxyl groups excluding tert-OH is 1. The molecule has 2 atom stereocenters. The Morgan fingerprint density at radius 3 is 2.58 bits per heavy atom. The smallest absolute Gasteiger partial charge is 0.0468 e. The summed E-state index contributed by atoms with van der Waals surface area (Å²) in [5.74, 6) is 0.486. The third kappa shape index (κ3) is 1.05. The highest BCUT2D eigenvalue weighted by Crippen LogP contribution is 2.53. The molecule has 2 rings (SSSR count). The number of aliphatic hydroxyl groups is 1. The van der Waals surface area contributed by atoms with E-state index >= 15 is 0 Å². The minimum Gasteiger partial charge on any atom is -0.396 e. The fraction of sp³-hybridized carbons (Fsp3) is 0.455. The molecule has 64 valence electrons. The van der Waals surface area contributed by atoms with Crippen LogP contribution in [0, 0.1) is 5.92 Å². The Morgan fingerprint density at radius 2 is 2.08 bits per heavy atom. The Kier molecular flexibility index (Phi) is 1.69. The standard InChI is InChI=1S/C11H14O/c1-11(7-10(11)8-12)9-5-3-2-4-6-9/h2-6,10,12H,7-8H2,1H3. The van der Waals surface area contributed by atoms with Crippen molar-refractivity contribution in [3.8, 4) is 0 Å². The van der Waals surface area contributed by atoms with Crippen LogP contribution in [0.15, 0.2) is 30.3 Å². The molecule has 12 heavy (non-hydrogen) atoms. The van der Waals surface area contributed by atoms with Gasteiger partial charge in [-0.25, -0.2) is 0 Å². The van der Waals surface area contributed by atoms with Crippen molar-refractivity contribution in [2.75, 3.05) is 6.61 Å². The van der Waals surface area contributed by atoms with Gasteiger partial charge in [0.2, 0.25) is 0 Å². The van der Waals surface area contributed by atoms with E-state index in [0.29, 0.717) is 12.5 Å². The SMILES string of the molecule is CC1(c2ccccc2)CC1CO. The van der Waals surface area contributed by atoms with Crippen molar-refractivity contribution in [1.82, 2.24) is 0 Å². The molecule has 0 bridgehead atoms. The summed E-state index contributed by atoms with van der Waals surface area (Å²) in [6, 6.07) is 10.5. The fourth-order valence-corrected chi connectivity index (χ4v) is 1.89. The van der Waals surface area contributed by atoms with Gasteiger partial charge in [0.25, 0.3) is 0 Å². The van der Waals surface area contributed by atoms with Gasteiger partial charge in [-0.3, -0.25) is 0 Å². The Balaban J connectivity index is 2.23. The van der Waals surface area contributed by atoms with E-state index in [1.165, 1.54) is 5.56 Å². The maximum Gasteiger partial charge on any atom is 0.0468 e. The Bertz CT molecular complexity index is 268. The number of hydrogen-bond acceptors (Lipinski definition) is 1. The summed E-state index contributed by atoms with van der Waals surface area (Å²) < 4.78 is 0. The van der Waals surface area contributed by atoms with Gasteiger partial charge in [0.1, 0.15) is 0 Å². The molecule has 1 nitrogen and oxygen atoms in total. The zero-order valence-electron chi connectivity index (χ0n) is 7.33. The third-order valence-corrected chi connectivity index (χ3v) is 3.06. The molecule has 1 heteroatoms. The predicted octanol–water partition coefficient (Wildman–Crippen LogP) is 1.96. The normalized spacial score (nSPS) is 33.3. The van der Waals surface area contributed by atoms with Crippen LogP contribution in [-0.2, 0) is 5.41 Å². The first-order chi connectivity index (χ1) is 5.77. The average Bonchev–Trinajstić information content (AvgIpc) is 2.81. The van der Waals surface area contributed by atoms with Gasteiger partial charge in [0.15, 0.2) is 0 Å². The molecule has 0 spiro atoms. The summed E-state index contributed by atoms with van der Waals surface area (Å²) in [5, 5.41) is 9.00. The van der Waals surface area contributed by atoms with Crippen LogP contribution in [0.25, 0.3) is 0 Å². The third-order valence-electron chi connectivity index (χ3n) is 3.06. The van der Waals surface area contributed by atoms with Crippen LogP contribution in [0.4, 0.5) is 0 Å². The first-order valence-corrected chi connectivity index (χ1v) is 4.44. The summed E-state index contributed by atoms with van der Waals surface area (Å²) in [6.07, 6.45) is 1.13. The minimum absolute atomic E-state index is 0.260. The van der Waals surface area contributed by atoms with Crippen LogP contribution in [0.1, 0.15) is 18.9 Å². The van der Waals surface area contributed by atoms with Crippen LogP contribution in [-0.4, -0.2) is 11.7 Å². The summed E-state index contributed by atoms with van der Waals surface area (Å²) in [5.41, 5.74) is 1.62. The second kappa shape index (κ2) is 2.60. The number of hydrogen-bond donors (Lipinski definition) is 1. The molecule has 0 saturated heterocycles.